The zero-order valence-corrected chi connectivity index (χ0v) is 8.87. The van der Waals surface area contributed by atoms with Crippen LogP contribution in [0.25, 0.3) is 0 Å². The number of nitrogens with one attached hydrogen (secondary N) is 1. The third kappa shape index (κ3) is 2.36. The maximum atomic E-state index is 3.69. The van der Waals surface area contributed by atoms with Crippen molar-refractivity contribution in [2.45, 2.75) is 44.7 Å². The highest BCUT2D eigenvalue weighted by Gasteiger charge is 2.21. The van der Waals surface area contributed by atoms with Crippen LogP contribution in [0.1, 0.15) is 31.7 Å². The smallest absolute Gasteiger partial charge is 0.0111 e. The van der Waals surface area contributed by atoms with Gasteiger partial charge in [-0.2, -0.15) is 0 Å². The molecule has 76 valence electrons. The second-order valence-electron chi connectivity index (χ2n) is 4.24. The molecule has 1 N–H and O–H groups in total. The van der Waals surface area contributed by atoms with E-state index >= 15 is 0 Å². The zero-order chi connectivity index (χ0) is 9.80. The molecule has 0 bridgehead atoms. The standard InChI is InChI=1S/C13H19N/c1-2-12-8-9-13(14-12)10-11-6-4-3-5-7-11/h3-7,12-14H,2,8-10H2,1H3/t12-,13-/m1/s1. The lowest BCUT2D eigenvalue weighted by Crippen LogP contribution is -2.30. The topological polar surface area (TPSA) is 12.0 Å². The molecule has 2 atom stereocenters. The Labute approximate surface area is 86.5 Å². The predicted octanol–water partition coefficient (Wildman–Crippen LogP) is 2.76. The molecule has 1 nitrogen and oxygen atoms in total. The minimum atomic E-state index is 0.711. The van der Waals surface area contributed by atoms with Gasteiger partial charge < -0.3 is 5.32 Å². The van der Waals surface area contributed by atoms with E-state index < -0.39 is 0 Å². The van der Waals surface area contributed by atoms with Crippen LogP contribution in [0.15, 0.2) is 30.3 Å². The lowest BCUT2D eigenvalue weighted by atomic mass is 10.0. The summed E-state index contributed by atoms with van der Waals surface area (Å²) < 4.78 is 0. The first-order valence-corrected chi connectivity index (χ1v) is 5.68. The van der Waals surface area contributed by atoms with Gasteiger partial charge >= 0.3 is 0 Å². The molecule has 0 aromatic heterocycles. The molecule has 14 heavy (non-hydrogen) atoms. The second kappa shape index (κ2) is 4.61. The first kappa shape index (κ1) is 9.72. The monoisotopic (exact) mass is 189 g/mol. The van der Waals surface area contributed by atoms with Gasteiger partial charge in [0.2, 0.25) is 0 Å². The Morgan fingerprint density at radius 1 is 1.14 bits per heavy atom. The maximum Gasteiger partial charge on any atom is 0.0111 e. The number of hydrogen-bond acceptors (Lipinski definition) is 1. The predicted molar refractivity (Wildman–Crippen MR) is 60.4 cm³/mol. The minimum Gasteiger partial charge on any atom is -0.311 e. The Kier molecular flexibility index (Phi) is 3.20. The maximum absolute atomic E-state index is 3.69. The fourth-order valence-electron chi connectivity index (χ4n) is 2.28. The quantitative estimate of drug-likeness (QED) is 0.771. The van der Waals surface area contributed by atoms with Crippen molar-refractivity contribution in [3.05, 3.63) is 35.9 Å². The molecule has 0 saturated carbocycles. The first-order valence-electron chi connectivity index (χ1n) is 5.68. The van der Waals surface area contributed by atoms with Crippen LogP contribution in [0.2, 0.25) is 0 Å². The van der Waals surface area contributed by atoms with Gasteiger partial charge in [0.1, 0.15) is 0 Å². The van der Waals surface area contributed by atoms with Gasteiger partial charge in [0.05, 0.1) is 0 Å². The lowest BCUT2D eigenvalue weighted by Gasteiger charge is -2.12. The highest BCUT2D eigenvalue weighted by atomic mass is 15.0. The van der Waals surface area contributed by atoms with Crippen molar-refractivity contribution in [3.63, 3.8) is 0 Å². The van der Waals surface area contributed by atoms with Crippen LogP contribution < -0.4 is 5.32 Å². The van der Waals surface area contributed by atoms with E-state index in [2.05, 4.69) is 42.6 Å². The first-order chi connectivity index (χ1) is 6.88. The summed E-state index contributed by atoms with van der Waals surface area (Å²) in [5, 5.41) is 3.69. The molecule has 2 rings (SSSR count). The van der Waals surface area contributed by atoms with Crippen LogP contribution in [0.4, 0.5) is 0 Å². The number of rotatable bonds is 3. The molecule has 0 amide bonds. The Morgan fingerprint density at radius 3 is 2.50 bits per heavy atom. The molecule has 1 saturated heterocycles. The molecule has 1 aromatic carbocycles. The third-order valence-corrected chi connectivity index (χ3v) is 3.15. The van der Waals surface area contributed by atoms with Crippen molar-refractivity contribution in [3.8, 4) is 0 Å². The van der Waals surface area contributed by atoms with Gasteiger partial charge in [0, 0.05) is 12.1 Å². The Hall–Kier alpha value is -0.820. The van der Waals surface area contributed by atoms with E-state index in [0.717, 1.165) is 6.04 Å². The van der Waals surface area contributed by atoms with Gasteiger partial charge in [-0.25, -0.2) is 0 Å². The van der Waals surface area contributed by atoms with Crippen molar-refractivity contribution in [2.24, 2.45) is 0 Å². The summed E-state index contributed by atoms with van der Waals surface area (Å²) >= 11 is 0. The van der Waals surface area contributed by atoms with Crippen molar-refractivity contribution in [1.29, 1.82) is 0 Å². The molecule has 0 radical (unpaired) electrons. The summed E-state index contributed by atoms with van der Waals surface area (Å²) in [4.78, 5) is 0. The van der Waals surface area contributed by atoms with E-state index in [-0.39, 0.29) is 0 Å². The fourth-order valence-corrected chi connectivity index (χ4v) is 2.28. The molecule has 0 spiro atoms. The van der Waals surface area contributed by atoms with Crippen molar-refractivity contribution in [2.75, 3.05) is 0 Å². The van der Waals surface area contributed by atoms with Gasteiger partial charge in [-0.1, -0.05) is 37.3 Å². The van der Waals surface area contributed by atoms with E-state index in [4.69, 9.17) is 0 Å². The Bertz CT molecular complexity index is 268. The van der Waals surface area contributed by atoms with E-state index in [1.165, 1.54) is 31.2 Å². The Balaban J connectivity index is 1.88. The molecule has 1 fully saturated rings. The molecule has 1 aliphatic heterocycles. The van der Waals surface area contributed by atoms with E-state index in [9.17, 15) is 0 Å². The molecule has 1 heterocycles. The highest BCUT2D eigenvalue weighted by molar-refractivity contribution is 5.16. The summed E-state index contributed by atoms with van der Waals surface area (Å²) in [6, 6.07) is 12.3. The fraction of sp³-hybridized carbons (Fsp3) is 0.538. The van der Waals surface area contributed by atoms with Crippen molar-refractivity contribution >= 4 is 0 Å². The summed E-state index contributed by atoms with van der Waals surface area (Å²) in [5.41, 5.74) is 1.46. The molecule has 0 aliphatic carbocycles. The minimum absolute atomic E-state index is 0.711. The van der Waals surface area contributed by atoms with Crippen LogP contribution in [-0.2, 0) is 6.42 Å². The van der Waals surface area contributed by atoms with Gasteiger partial charge in [0.15, 0.2) is 0 Å². The summed E-state index contributed by atoms with van der Waals surface area (Å²) in [6.07, 6.45) is 5.16. The van der Waals surface area contributed by atoms with Crippen LogP contribution in [0.3, 0.4) is 0 Å². The van der Waals surface area contributed by atoms with Gasteiger partial charge in [-0.3, -0.25) is 0 Å². The van der Waals surface area contributed by atoms with E-state index in [1.54, 1.807) is 0 Å². The Morgan fingerprint density at radius 2 is 1.86 bits per heavy atom. The normalized spacial score (nSPS) is 26.6. The zero-order valence-electron chi connectivity index (χ0n) is 8.87. The SMILES string of the molecule is CC[C@@H]1CC[C@H](Cc2ccccc2)N1. The molecule has 1 aliphatic rings. The van der Waals surface area contributed by atoms with Crippen molar-refractivity contribution < 1.29 is 0 Å². The highest BCUT2D eigenvalue weighted by Crippen LogP contribution is 2.17. The molecule has 1 heteroatoms. The van der Waals surface area contributed by atoms with Crippen LogP contribution in [-0.4, -0.2) is 12.1 Å². The molecular weight excluding hydrogens is 170 g/mol. The van der Waals surface area contributed by atoms with E-state index in [0.29, 0.717) is 6.04 Å². The largest absolute Gasteiger partial charge is 0.311 e. The van der Waals surface area contributed by atoms with E-state index in [1.807, 2.05) is 0 Å². The summed E-state index contributed by atoms with van der Waals surface area (Å²) in [6.45, 7) is 2.27. The van der Waals surface area contributed by atoms with Crippen LogP contribution in [0.5, 0.6) is 0 Å². The summed E-state index contributed by atoms with van der Waals surface area (Å²) in [5.74, 6) is 0. The van der Waals surface area contributed by atoms with Crippen LogP contribution >= 0.6 is 0 Å². The average Bonchev–Trinajstić information content (AvgIpc) is 2.67. The van der Waals surface area contributed by atoms with Gasteiger partial charge in [0.25, 0.3) is 0 Å². The molecule has 0 unspecified atom stereocenters. The second-order valence-corrected chi connectivity index (χ2v) is 4.24. The van der Waals surface area contributed by atoms with Gasteiger partial charge in [-0.05, 0) is 31.2 Å². The number of hydrogen-bond donors (Lipinski definition) is 1. The molecular formula is C13H19N. The van der Waals surface area contributed by atoms with Crippen LogP contribution in [0, 0.1) is 0 Å². The molecule has 1 aromatic rings. The summed E-state index contributed by atoms with van der Waals surface area (Å²) in [7, 11) is 0. The number of benzene rings is 1. The lowest BCUT2D eigenvalue weighted by molar-refractivity contribution is 0.524. The average molecular weight is 189 g/mol. The third-order valence-electron chi connectivity index (χ3n) is 3.15. The van der Waals surface area contributed by atoms with Crippen molar-refractivity contribution in [1.82, 2.24) is 5.32 Å². The van der Waals surface area contributed by atoms with Gasteiger partial charge in [-0.15, -0.1) is 0 Å².